The first kappa shape index (κ1) is 20.2. The molecule has 2 rings (SSSR count). The van der Waals surface area contributed by atoms with E-state index in [0.717, 1.165) is 36.3 Å². The number of halogens is 3. The summed E-state index contributed by atoms with van der Waals surface area (Å²) in [7, 11) is 0. The van der Waals surface area contributed by atoms with E-state index in [1.165, 1.54) is 0 Å². The molecular weight excluding hydrogens is 387 g/mol. The monoisotopic (exact) mass is 410 g/mol. The predicted molar refractivity (Wildman–Crippen MR) is 103 cm³/mol. The van der Waals surface area contributed by atoms with Gasteiger partial charge >= 0.3 is 6.00 Å². The standard InChI is InChI=1S/C17H25Cl3O3Si/c1-13(2)7-8-17(3)22-12-14-11-15(5-6-16(14)23-17)21-9-4-10-24(18,19)20/h5-6,11,13H,4,7-10,12H2,1-3H3. The lowest BCUT2D eigenvalue weighted by atomic mass is 10.0. The van der Waals surface area contributed by atoms with Crippen molar-refractivity contribution in [1.29, 1.82) is 0 Å². The molecule has 0 saturated heterocycles. The summed E-state index contributed by atoms with van der Waals surface area (Å²) in [5, 5.41) is 0. The molecule has 1 aliphatic heterocycles. The van der Waals surface area contributed by atoms with Crippen molar-refractivity contribution in [2.45, 2.75) is 58.5 Å². The fraction of sp³-hybridized carbons (Fsp3) is 0.647. The normalized spacial score (nSPS) is 20.6. The van der Waals surface area contributed by atoms with Crippen LogP contribution < -0.4 is 9.47 Å². The summed E-state index contributed by atoms with van der Waals surface area (Å²) in [6.45, 7) is 7.48. The average Bonchev–Trinajstić information content (AvgIpc) is 2.49. The van der Waals surface area contributed by atoms with Crippen molar-refractivity contribution in [3.05, 3.63) is 23.8 Å². The van der Waals surface area contributed by atoms with E-state index in [1.54, 1.807) is 0 Å². The first-order chi connectivity index (χ1) is 11.2. The number of rotatable bonds is 8. The summed E-state index contributed by atoms with van der Waals surface area (Å²) in [5.41, 5.74) is 1.00. The van der Waals surface area contributed by atoms with Gasteiger partial charge in [-0.05, 0) is 43.0 Å². The van der Waals surface area contributed by atoms with Crippen molar-refractivity contribution in [2.24, 2.45) is 5.92 Å². The minimum atomic E-state index is -2.55. The van der Waals surface area contributed by atoms with E-state index in [4.69, 9.17) is 47.4 Å². The SMILES string of the molecule is CC(C)CCC1(C)OCc2cc(OCCC[Si](Cl)(Cl)Cl)ccc2O1. The Morgan fingerprint density at radius 2 is 2.04 bits per heavy atom. The second-order valence-corrected chi connectivity index (χ2v) is 16.1. The highest BCUT2D eigenvalue weighted by Crippen LogP contribution is 2.36. The number of fused-ring (bicyclic) bond motifs is 1. The highest BCUT2D eigenvalue weighted by Gasteiger charge is 2.32. The Morgan fingerprint density at radius 3 is 2.71 bits per heavy atom. The lowest BCUT2D eigenvalue weighted by molar-refractivity contribution is -0.199. The van der Waals surface area contributed by atoms with E-state index in [-0.39, 0.29) is 0 Å². The number of hydrogen-bond donors (Lipinski definition) is 0. The lowest BCUT2D eigenvalue weighted by Gasteiger charge is -2.36. The van der Waals surface area contributed by atoms with Gasteiger partial charge < -0.3 is 14.2 Å². The molecule has 0 N–H and O–H groups in total. The fourth-order valence-corrected chi connectivity index (χ4v) is 4.24. The molecule has 1 aromatic rings. The van der Waals surface area contributed by atoms with Gasteiger partial charge in [0.25, 0.3) is 0 Å². The van der Waals surface area contributed by atoms with Crippen molar-refractivity contribution in [3.63, 3.8) is 0 Å². The van der Waals surface area contributed by atoms with E-state index in [1.807, 2.05) is 25.1 Å². The average molecular weight is 412 g/mol. The second-order valence-electron chi connectivity index (χ2n) is 6.79. The van der Waals surface area contributed by atoms with Crippen LogP contribution in [0, 0.1) is 5.92 Å². The first-order valence-corrected chi connectivity index (χ1v) is 13.6. The van der Waals surface area contributed by atoms with Crippen LogP contribution in [0.2, 0.25) is 6.04 Å². The molecular formula is C17H25Cl3O3Si. The van der Waals surface area contributed by atoms with Crippen LogP contribution in [0.1, 0.15) is 45.6 Å². The van der Waals surface area contributed by atoms with Crippen LogP contribution in [0.4, 0.5) is 0 Å². The fourth-order valence-electron chi connectivity index (χ4n) is 2.49. The molecule has 3 nitrogen and oxygen atoms in total. The van der Waals surface area contributed by atoms with Gasteiger partial charge in [-0.15, -0.1) is 33.2 Å². The maximum Gasteiger partial charge on any atom is 0.341 e. The molecule has 7 heteroatoms. The maximum atomic E-state index is 6.07. The second kappa shape index (κ2) is 8.50. The maximum absolute atomic E-state index is 6.07. The third-order valence-corrected chi connectivity index (χ3v) is 6.56. The minimum absolute atomic E-state index is 0.530. The van der Waals surface area contributed by atoms with Crippen molar-refractivity contribution < 1.29 is 14.2 Å². The van der Waals surface area contributed by atoms with E-state index >= 15 is 0 Å². The summed E-state index contributed by atoms with van der Waals surface area (Å²) >= 11 is 17.6. The zero-order chi connectivity index (χ0) is 17.8. The Bertz CT molecular complexity index is 548. The molecule has 1 unspecified atom stereocenters. The Labute approximate surface area is 159 Å². The molecule has 1 aromatic carbocycles. The predicted octanol–water partition coefficient (Wildman–Crippen LogP) is 6.17. The zero-order valence-corrected chi connectivity index (χ0v) is 17.7. The van der Waals surface area contributed by atoms with Gasteiger partial charge in [0.15, 0.2) is 0 Å². The van der Waals surface area contributed by atoms with Crippen molar-refractivity contribution in [1.82, 2.24) is 0 Å². The minimum Gasteiger partial charge on any atom is -0.494 e. The topological polar surface area (TPSA) is 27.7 Å². The van der Waals surface area contributed by atoms with Gasteiger partial charge in [-0.25, -0.2) is 0 Å². The molecule has 0 fully saturated rings. The summed E-state index contributed by atoms with van der Waals surface area (Å²) in [4.78, 5) is 0. The number of hydrogen-bond acceptors (Lipinski definition) is 3. The van der Waals surface area contributed by atoms with Crippen LogP contribution in [-0.2, 0) is 11.3 Å². The van der Waals surface area contributed by atoms with Gasteiger partial charge in [-0.2, -0.15) is 0 Å². The Morgan fingerprint density at radius 1 is 1.29 bits per heavy atom. The Hall–Kier alpha value is -0.133. The van der Waals surface area contributed by atoms with Gasteiger partial charge in [-0.3, -0.25) is 0 Å². The highest BCUT2D eigenvalue weighted by molar-refractivity contribution is 7.64. The number of benzene rings is 1. The molecule has 0 amide bonds. The van der Waals surface area contributed by atoms with Gasteiger partial charge in [0.1, 0.15) is 11.5 Å². The van der Waals surface area contributed by atoms with E-state index in [2.05, 4.69) is 13.8 Å². The Balaban J connectivity index is 1.89. The Kier molecular flexibility index (Phi) is 7.15. The van der Waals surface area contributed by atoms with Gasteiger partial charge in [0, 0.05) is 18.9 Å². The third kappa shape index (κ3) is 6.64. The van der Waals surface area contributed by atoms with Crippen LogP contribution in [0.5, 0.6) is 11.5 Å². The molecule has 24 heavy (non-hydrogen) atoms. The molecule has 0 spiro atoms. The quantitative estimate of drug-likeness (QED) is 0.291. The summed E-state index contributed by atoms with van der Waals surface area (Å²) in [6.07, 6.45) is 2.68. The largest absolute Gasteiger partial charge is 0.494 e. The van der Waals surface area contributed by atoms with Crippen LogP contribution in [0.25, 0.3) is 0 Å². The van der Waals surface area contributed by atoms with Crippen molar-refractivity contribution in [3.8, 4) is 11.5 Å². The lowest BCUT2D eigenvalue weighted by Crippen LogP contribution is -2.39. The van der Waals surface area contributed by atoms with Gasteiger partial charge in [0.05, 0.1) is 13.2 Å². The van der Waals surface area contributed by atoms with Crippen molar-refractivity contribution in [2.75, 3.05) is 6.61 Å². The molecule has 0 saturated carbocycles. The van der Waals surface area contributed by atoms with Crippen molar-refractivity contribution >= 4 is 39.2 Å². The van der Waals surface area contributed by atoms with Gasteiger partial charge in [-0.1, -0.05) is 13.8 Å². The van der Waals surface area contributed by atoms with Gasteiger partial charge in [0.2, 0.25) is 5.79 Å². The molecule has 136 valence electrons. The molecule has 1 heterocycles. The van der Waals surface area contributed by atoms with Crippen LogP contribution in [0.3, 0.4) is 0 Å². The zero-order valence-electron chi connectivity index (χ0n) is 14.4. The molecule has 0 aliphatic carbocycles. The summed E-state index contributed by atoms with van der Waals surface area (Å²) < 4.78 is 17.7. The highest BCUT2D eigenvalue weighted by atomic mass is 35.8. The summed E-state index contributed by atoms with van der Waals surface area (Å²) in [6, 6.07) is 3.87. The number of ether oxygens (including phenoxy) is 3. The van der Waals surface area contributed by atoms with E-state index < -0.39 is 11.8 Å². The third-order valence-electron chi connectivity index (χ3n) is 3.94. The first-order valence-electron chi connectivity index (χ1n) is 8.32. The molecule has 1 atom stereocenters. The summed E-state index contributed by atoms with van der Waals surface area (Å²) in [5.74, 6) is 1.74. The van der Waals surface area contributed by atoms with Crippen LogP contribution in [-0.4, -0.2) is 18.4 Å². The molecule has 0 aromatic heterocycles. The van der Waals surface area contributed by atoms with E-state index in [9.17, 15) is 0 Å². The van der Waals surface area contributed by atoms with Crippen LogP contribution >= 0.6 is 33.2 Å². The molecule has 1 aliphatic rings. The smallest absolute Gasteiger partial charge is 0.341 e. The van der Waals surface area contributed by atoms with E-state index in [0.29, 0.717) is 25.2 Å². The van der Waals surface area contributed by atoms with Crippen LogP contribution in [0.15, 0.2) is 18.2 Å². The molecule has 0 bridgehead atoms. The molecule has 0 radical (unpaired) electrons.